The van der Waals surface area contributed by atoms with Gasteiger partial charge in [-0.15, -0.1) is 0 Å². The highest BCUT2D eigenvalue weighted by Gasteiger charge is 2.19. The van der Waals surface area contributed by atoms with E-state index in [4.69, 9.17) is 32.4 Å². The van der Waals surface area contributed by atoms with Crippen molar-refractivity contribution in [3.8, 4) is 0 Å². The van der Waals surface area contributed by atoms with E-state index in [2.05, 4.69) is 10.3 Å². The van der Waals surface area contributed by atoms with Gasteiger partial charge < -0.3 is 14.5 Å². The summed E-state index contributed by atoms with van der Waals surface area (Å²) in [6, 6.07) is 10.5. The molecule has 1 aliphatic heterocycles. The first-order valence-electron chi connectivity index (χ1n) is 9.12. The van der Waals surface area contributed by atoms with Gasteiger partial charge in [0, 0.05) is 29.6 Å². The molecule has 1 fully saturated rings. The van der Waals surface area contributed by atoms with Gasteiger partial charge in [-0.3, -0.25) is 4.79 Å². The summed E-state index contributed by atoms with van der Waals surface area (Å²) >= 11 is 12.2. The molecule has 2 aromatic carbocycles. The van der Waals surface area contributed by atoms with Gasteiger partial charge in [0.05, 0.1) is 16.8 Å². The molecule has 5 nitrogen and oxygen atoms in total. The molecule has 2 heterocycles. The molecule has 1 unspecified atom stereocenters. The van der Waals surface area contributed by atoms with Gasteiger partial charge in [0.25, 0.3) is 5.91 Å². The zero-order chi connectivity index (χ0) is 20.4. The minimum absolute atomic E-state index is 0.0103. The Morgan fingerprint density at radius 2 is 2.07 bits per heavy atom. The number of amides is 1. The smallest absolute Gasteiger partial charge is 0.256 e. The van der Waals surface area contributed by atoms with Crippen molar-refractivity contribution < 1.29 is 18.3 Å². The molecule has 0 spiro atoms. The van der Waals surface area contributed by atoms with Crippen LogP contribution in [0, 0.1) is 5.82 Å². The van der Waals surface area contributed by atoms with Gasteiger partial charge in [-0.25, -0.2) is 9.38 Å². The van der Waals surface area contributed by atoms with Crippen molar-refractivity contribution in [2.75, 3.05) is 13.2 Å². The number of hydrogen-bond donors (Lipinski definition) is 1. The Morgan fingerprint density at radius 1 is 1.21 bits per heavy atom. The van der Waals surface area contributed by atoms with Crippen LogP contribution in [0.2, 0.25) is 10.0 Å². The molecule has 1 amide bonds. The zero-order valence-corrected chi connectivity index (χ0v) is 16.8. The summed E-state index contributed by atoms with van der Waals surface area (Å²) in [5.41, 5.74) is 0.864. The van der Waals surface area contributed by atoms with Crippen LogP contribution in [0.4, 0.5) is 10.1 Å². The summed E-state index contributed by atoms with van der Waals surface area (Å²) in [6.45, 7) is 1.08. The lowest BCUT2D eigenvalue weighted by molar-refractivity contribution is 0.0854. The van der Waals surface area contributed by atoms with Crippen molar-refractivity contribution in [3.05, 3.63) is 69.4 Å². The number of carbonyl (C=O) groups excluding carboxylic acids is 1. The number of fused-ring (bicyclic) bond motifs is 1. The largest absolute Gasteiger partial charge is 0.438 e. The second-order valence-electron chi connectivity index (χ2n) is 6.70. The van der Waals surface area contributed by atoms with Crippen LogP contribution in [-0.2, 0) is 4.74 Å². The molecular formula is C21H17Cl2FN2O3. The lowest BCUT2D eigenvalue weighted by atomic mass is 10.1. The fraction of sp³-hybridized carbons (Fsp3) is 0.238. The van der Waals surface area contributed by atoms with Crippen molar-refractivity contribution in [2.45, 2.75) is 18.9 Å². The summed E-state index contributed by atoms with van der Waals surface area (Å²) in [6.07, 6.45) is 1.86. The molecule has 0 aliphatic carbocycles. The van der Waals surface area contributed by atoms with Gasteiger partial charge >= 0.3 is 0 Å². The van der Waals surface area contributed by atoms with Crippen LogP contribution in [0.3, 0.4) is 0 Å². The van der Waals surface area contributed by atoms with E-state index in [0.29, 0.717) is 29.1 Å². The first kappa shape index (κ1) is 19.9. The molecule has 1 atom stereocenters. The molecule has 0 bridgehead atoms. The predicted molar refractivity (Wildman–Crippen MR) is 109 cm³/mol. The number of benzene rings is 2. The van der Waals surface area contributed by atoms with Crippen LogP contribution in [0.15, 0.2) is 51.9 Å². The quantitative estimate of drug-likeness (QED) is 0.626. The first-order valence-corrected chi connectivity index (χ1v) is 9.88. The molecule has 0 saturated carbocycles. The minimum atomic E-state index is -0.495. The summed E-state index contributed by atoms with van der Waals surface area (Å²) in [5, 5.41) is 4.24. The van der Waals surface area contributed by atoms with E-state index < -0.39 is 5.82 Å². The van der Waals surface area contributed by atoms with Gasteiger partial charge in [-0.2, -0.15) is 0 Å². The molecule has 1 aromatic heterocycles. The maximum atomic E-state index is 13.6. The van der Waals surface area contributed by atoms with Crippen LogP contribution in [0.25, 0.3) is 11.0 Å². The Hall–Kier alpha value is -2.41. The third-order valence-electron chi connectivity index (χ3n) is 4.60. The highest BCUT2D eigenvalue weighted by molar-refractivity contribution is 6.33. The van der Waals surface area contributed by atoms with E-state index in [1.165, 1.54) is 18.2 Å². The second-order valence-corrected chi connectivity index (χ2v) is 7.54. The SMILES string of the molecule is O=C(NCC1CCCO1)c1cc2cc(Cl)ccc2oc1=Nc1cc(F)ccc1Cl. The van der Waals surface area contributed by atoms with Gasteiger partial charge in [0.2, 0.25) is 5.55 Å². The molecule has 29 heavy (non-hydrogen) atoms. The van der Waals surface area contributed by atoms with Crippen LogP contribution in [0.1, 0.15) is 23.2 Å². The van der Waals surface area contributed by atoms with Gasteiger partial charge in [-0.1, -0.05) is 23.2 Å². The van der Waals surface area contributed by atoms with Crippen molar-refractivity contribution >= 4 is 45.8 Å². The Bertz CT molecular complexity index is 1140. The molecule has 1 N–H and O–H groups in total. The van der Waals surface area contributed by atoms with E-state index in [1.54, 1.807) is 24.3 Å². The Kier molecular flexibility index (Phi) is 5.85. The van der Waals surface area contributed by atoms with Gasteiger partial charge in [0.15, 0.2) is 0 Å². The Morgan fingerprint density at radius 3 is 2.86 bits per heavy atom. The van der Waals surface area contributed by atoms with Crippen LogP contribution in [0.5, 0.6) is 0 Å². The Labute approximate surface area is 176 Å². The third kappa shape index (κ3) is 4.61. The summed E-state index contributed by atoms with van der Waals surface area (Å²) in [7, 11) is 0. The number of nitrogens with zero attached hydrogens (tertiary/aromatic N) is 1. The molecular weight excluding hydrogens is 418 g/mol. The fourth-order valence-electron chi connectivity index (χ4n) is 3.14. The molecule has 8 heteroatoms. The van der Waals surface area contributed by atoms with Crippen molar-refractivity contribution in [1.29, 1.82) is 0 Å². The average Bonchev–Trinajstić information content (AvgIpc) is 3.22. The highest BCUT2D eigenvalue weighted by atomic mass is 35.5. The zero-order valence-electron chi connectivity index (χ0n) is 15.3. The highest BCUT2D eigenvalue weighted by Crippen LogP contribution is 2.25. The Balaban J connectivity index is 1.79. The van der Waals surface area contributed by atoms with Crippen molar-refractivity contribution in [3.63, 3.8) is 0 Å². The van der Waals surface area contributed by atoms with Crippen molar-refractivity contribution in [1.82, 2.24) is 5.32 Å². The lowest BCUT2D eigenvalue weighted by Gasteiger charge is -2.11. The van der Waals surface area contributed by atoms with E-state index in [1.807, 2.05) is 0 Å². The predicted octanol–water partition coefficient (Wildman–Crippen LogP) is 5.02. The van der Waals surface area contributed by atoms with E-state index in [0.717, 1.165) is 12.8 Å². The lowest BCUT2D eigenvalue weighted by Crippen LogP contribution is -2.34. The monoisotopic (exact) mass is 434 g/mol. The maximum Gasteiger partial charge on any atom is 0.256 e. The van der Waals surface area contributed by atoms with Crippen LogP contribution in [-0.4, -0.2) is 25.2 Å². The molecule has 4 rings (SSSR count). The topological polar surface area (TPSA) is 63.8 Å². The van der Waals surface area contributed by atoms with Gasteiger partial charge in [0.1, 0.15) is 17.0 Å². The summed E-state index contributed by atoms with van der Waals surface area (Å²) < 4.78 is 25.0. The van der Waals surface area contributed by atoms with Crippen molar-refractivity contribution in [2.24, 2.45) is 4.99 Å². The van der Waals surface area contributed by atoms with E-state index in [9.17, 15) is 9.18 Å². The summed E-state index contributed by atoms with van der Waals surface area (Å²) in [5.74, 6) is -0.873. The number of carbonyl (C=O) groups is 1. The molecule has 3 aromatic rings. The van der Waals surface area contributed by atoms with E-state index >= 15 is 0 Å². The molecule has 1 aliphatic rings. The van der Waals surface area contributed by atoms with E-state index in [-0.39, 0.29) is 33.8 Å². The average molecular weight is 435 g/mol. The number of hydrogen-bond acceptors (Lipinski definition) is 4. The third-order valence-corrected chi connectivity index (χ3v) is 5.15. The molecule has 1 saturated heterocycles. The number of rotatable bonds is 4. The molecule has 0 radical (unpaired) electrons. The second kappa shape index (κ2) is 8.53. The summed E-state index contributed by atoms with van der Waals surface area (Å²) in [4.78, 5) is 17.2. The van der Waals surface area contributed by atoms with Crippen LogP contribution >= 0.6 is 23.2 Å². The fourth-order valence-corrected chi connectivity index (χ4v) is 3.48. The minimum Gasteiger partial charge on any atom is -0.438 e. The maximum absolute atomic E-state index is 13.6. The standard InChI is InChI=1S/C21H17Cl2FN2O3/c22-13-3-6-19-12(8-13)9-16(20(27)25-11-15-2-1-7-28-15)21(29-19)26-18-10-14(24)4-5-17(18)23/h3-6,8-10,15H,1-2,7,11H2,(H,25,27). The number of ether oxygens (including phenoxy) is 1. The van der Waals surface area contributed by atoms with Crippen LogP contribution < -0.4 is 10.9 Å². The number of halogens is 3. The van der Waals surface area contributed by atoms with Gasteiger partial charge in [-0.05, 0) is 49.2 Å². The molecule has 150 valence electrons. The normalized spacial score (nSPS) is 17.1. The first-order chi connectivity index (χ1) is 14.0. The number of nitrogens with one attached hydrogen (secondary N) is 1.